The minimum absolute atomic E-state index is 0. The molecule has 24 heavy (non-hydrogen) atoms. The number of allylic oxidation sites excluding steroid dienone is 1. The van der Waals surface area contributed by atoms with Crippen LogP contribution < -0.4 is 4.74 Å². The van der Waals surface area contributed by atoms with Crippen molar-refractivity contribution in [2.45, 2.75) is 30.1 Å². The Morgan fingerprint density at radius 1 is 1.46 bits per heavy atom. The van der Waals surface area contributed by atoms with E-state index < -0.39 is 28.6 Å². The molecule has 1 radical (unpaired) electrons. The van der Waals surface area contributed by atoms with Gasteiger partial charge in [-0.1, -0.05) is 35.9 Å². The third-order valence-electron chi connectivity index (χ3n) is 3.24. The van der Waals surface area contributed by atoms with Crippen LogP contribution in [-0.2, 0) is 37.5 Å². The second-order valence-electron chi connectivity index (χ2n) is 5.03. The van der Waals surface area contributed by atoms with Gasteiger partial charge in [0, 0.05) is 32.7 Å². The number of halogens is 4. The molecule has 8 heteroatoms. The van der Waals surface area contributed by atoms with Gasteiger partial charge in [-0.25, -0.2) is 19.2 Å². The number of hydrogen-bond acceptors (Lipinski definition) is 2. The maximum Gasteiger partial charge on any atom is 0.256 e. The van der Waals surface area contributed by atoms with E-state index in [-0.39, 0.29) is 50.4 Å². The summed E-state index contributed by atoms with van der Waals surface area (Å²) in [7, 11) is 0. The fourth-order valence-corrected chi connectivity index (χ4v) is 2.76. The molecular weight excluding hydrogens is 511 g/mol. The molecule has 0 N–H and O–H groups in total. The molecule has 1 unspecified atom stereocenters. The van der Waals surface area contributed by atoms with Gasteiger partial charge in [0.1, 0.15) is 5.75 Å². The number of benzene rings is 1. The first-order chi connectivity index (χ1) is 10.9. The van der Waals surface area contributed by atoms with Gasteiger partial charge in [-0.2, -0.15) is 0 Å². The minimum atomic E-state index is -2.70. The minimum Gasteiger partial charge on any atom is -0.494 e. The number of ether oxygens (including phenoxy) is 1. The molecule has 1 aliphatic heterocycles. The number of carbonyl (C=O) groups is 1. The maximum atomic E-state index is 14.3. The van der Waals surface area contributed by atoms with Gasteiger partial charge in [0.25, 0.3) is 6.43 Å². The van der Waals surface area contributed by atoms with Crippen molar-refractivity contribution >= 4 is 34.2 Å². The summed E-state index contributed by atoms with van der Waals surface area (Å²) in [6.45, 7) is 1.62. The fourth-order valence-electron chi connectivity index (χ4n) is 2.21. The van der Waals surface area contributed by atoms with E-state index in [4.69, 9.17) is 4.74 Å². The SMILES string of the molecule is CCCOc1ccc(C2=[C-]CC(I)C(=O)N2CC(F)F)c(F)c1.[Y]. The van der Waals surface area contributed by atoms with Crippen molar-refractivity contribution < 1.29 is 55.4 Å². The molecule has 0 saturated heterocycles. The van der Waals surface area contributed by atoms with Crippen LogP contribution in [0.3, 0.4) is 0 Å². The smallest absolute Gasteiger partial charge is 0.256 e. The van der Waals surface area contributed by atoms with Crippen LogP contribution in [0.5, 0.6) is 5.75 Å². The Hall–Kier alpha value is -0.146. The average Bonchev–Trinajstić information content (AvgIpc) is 2.50. The average molecular weight is 527 g/mol. The van der Waals surface area contributed by atoms with E-state index in [1.807, 2.05) is 29.5 Å². The molecular formula is C16H16F3INO2Y-. The van der Waals surface area contributed by atoms with Crippen molar-refractivity contribution in [1.29, 1.82) is 0 Å². The summed E-state index contributed by atoms with van der Waals surface area (Å²) in [4.78, 5) is 13.1. The topological polar surface area (TPSA) is 29.5 Å². The molecule has 2 rings (SSSR count). The summed E-state index contributed by atoms with van der Waals surface area (Å²) < 4.78 is 44.7. The van der Waals surface area contributed by atoms with Gasteiger partial charge in [-0.15, -0.1) is 17.3 Å². The van der Waals surface area contributed by atoms with Crippen molar-refractivity contribution in [3.8, 4) is 5.75 Å². The van der Waals surface area contributed by atoms with E-state index in [0.29, 0.717) is 12.4 Å². The van der Waals surface area contributed by atoms with E-state index in [2.05, 4.69) is 6.08 Å². The van der Waals surface area contributed by atoms with Crippen molar-refractivity contribution in [2.24, 2.45) is 0 Å². The normalized spacial score (nSPS) is 17.6. The Kier molecular flexibility index (Phi) is 9.23. The number of carbonyl (C=O) groups excluding carboxylic acids is 1. The molecule has 1 heterocycles. The van der Waals surface area contributed by atoms with Crippen molar-refractivity contribution in [2.75, 3.05) is 13.2 Å². The van der Waals surface area contributed by atoms with Gasteiger partial charge < -0.3 is 9.64 Å². The van der Waals surface area contributed by atoms with Gasteiger partial charge >= 0.3 is 0 Å². The van der Waals surface area contributed by atoms with Gasteiger partial charge in [0.15, 0.2) is 0 Å². The van der Waals surface area contributed by atoms with Crippen LogP contribution in [-0.4, -0.2) is 34.3 Å². The summed E-state index contributed by atoms with van der Waals surface area (Å²) in [5.74, 6) is -0.714. The predicted octanol–water partition coefficient (Wildman–Crippen LogP) is 4.06. The van der Waals surface area contributed by atoms with E-state index >= 15 is 0 Å². The molecule has 1 atom stereocenters. The predicted molar refractivity (Wildman–Crippen MR) is 89.0 cm³/mol. The van der Waals surface area contributed by atoms with E-state index in [9.17, 15) is 18.0 Å². The zero-order valence-corrected chi connectivity index (χ0v) is 18.1. The summed E-state index contributed by atoms with van der Waals surface area (Å²) in [6.07, 6.45) is 1.23. The van der Waals surface area contributed by atoms with Crippen LogP contribution in [0, 0.1) is 11.9 Å². The molecule has 1 amide bonds. The largest absolute Gasteiger partial charge is 0.494 e. The molecule has 3 nitrogen and oxygen atoms in total. The first-order valence-corrected chi connectivity index (χ1v) is 8.45. The molecule has 1 aromatic rings. The van der Waals surface area contributed by atoms with E-state index in [1.165, 1.54) is 12.1 Å². The third kappa shape index (κ3) is 5.43. The quantitative estimate of drug-likeness (QED) is 0.318. The van der Waals surface area contributed by atoms with Gasteiger partial charge in [-0.05, 0) is 18.6 Å². The van der Waals surface area contributed by atoms with Gasteiger partial charge in [-0.3, -0.25) is 4.79 Å². The molecule has 0 aromatic heterocycles. The Morgan fingerprint density at radius 3 is 2.75 bits per heavy atom. The number of alkyl halides is 3. The first kappa shape index (κ1) is 21.9. The summed E-state index contributed by atoms with van der Waals surface area (Å²) in [5.41, 5.74) is 0.147. The van der Waals surface area contributed by atoms with E-state index in [1.54, 1.807) is 6.07 Å². The fraction of sp³-hybridized carbons (Fsp3) is 0.438. The third-order valence-corrected chi connectivity index (χ3v) is 4.21. The Bertz CT molecular complexity index is 613. The van der Waals surface area contributed by atoms with Crippen LogP contribution in [0.4, 0.5) is 13.2 Å². The monoisotopic (exact) mass is 527 g/mol. The Morgan fingerprint density at radius 2 is 2.17 bits per heavy atom. The number of hydrogen-bond donors (Lipinski definition) is 0. The standard InChI is InChI=1S/C16H16F3INO2.Y/c1-2-7-23-10-3-4-11(12(17)8-10)14-6-5-13(20)16(22)21(14)9-15(18)19;/h3-4,8,13,15H,2,5,7,9H2,1H3;/q-1;. The molecule has 0 aliphatic carbocycles. The van der Waals surface area contributed by atoms with Crippen LogP contribution >= 0.6 is 22.6 Å². The second kappa shape index (κ2) is 10.1. The number of rotatable bonds is 6. The zero-order valence-electron chi connectivity index (χ0n) is 13.1. The molecule has 0 bridgehead atoms. The van der Waals surface area contributed by atoms with Gasteiger partial charge in [0.2, 0.25) is 5.91 Å². The molecule has 0 fully saturated rings. The second-order valence-corrected chi connectivity index (χ2v) is 6.53. The summed E-state index contributed by atoms with van der Waals surface area (Å²) in [5, 5.41) is 0. The van der Waals surface area contributed by atoms with Crippen LogP contribution in [0.25, 0.3) is 5.70 Å². The first-order valence-electron chi connectivity index (χ1n) is 7.21. The van der Waals surface area contributed by atoms with Crippen LogP contribution in [0.2, 0.25) is 0 Å². The summed E-state index contributed by atoms with van der Waals surface area (Å²) >= 11 is 1.88. The number of amides is 1. The maximum absolute atomic E-state index is 14.3. The Balaban J connectivity index is 0.00000288. The molecule has 1 aromatic carbocycles. The number of nitrogens with zero attached hydrogens (tertiary/aromatic N) is 1. The van der Waals surface area contributed by atoms with Crippen molar-refractivity contribution in [3.63, 3.8) is 0 Å². The molecule has 0 saturated carbocycles. The molecule has 0 spiro atoms. The van der Waals surface area contributed by atoms with Crippen LogP contribution in [0.15, 0.2) is 18.2 Å². The summed E-state index contributed by atoms with van der Waals surface area (Å²) in [6, 6.07) is 4.19. The van der Waals surface area contributed by atoms with Crippen molar-refractivity contribution in [1.82, 2.24) is 4.90 Å². The zero-order chi connectivity index (χ0) is 17.0. The molecule has 1 aliphatic rings. The molecule has 129 valence electrons. The van der Waals surface area contributed by atoms with E-state index in [0.717, 1.165) is 11.3 Å². The van der Waals surface area contributed by atoms with Crippen molar-refractivity contribution in [3.05, 3.63) is 35.7 Å². The van der Waals surface area contributed by atoms with Gasteiger partial charge in [0.05, 0.1) is 22.9 Å². The van der Waals surface area contributed by atoms with Crippen LogP contribution in [0.1, 0.15) is 25.3 Å². The Labute approximate surface area is 178 Å².